The van der Waals surface area contributed by atoms with Gasteiger partial charge < -0.3 is 24.1 Å². The molecule has 4 aliphatic carbocycles. The van der Waals surface area contributed by atoms with Crippen molar-refractivity contribution >= 4 is 23.9 Å². The summed E-state index contributed by atoms with van der Waals surface area (Å²) in [6.07, 6.45) is 4.62. The first-order valence-electron chi connectivity index (χ1n) is 15.3. The first-order chi connectivity index (χ1) is 19.8. The molecule has 10 heteroatoms. The minimum atomic E-state index is -2.11. The van der Waals surface area contributed by atoms with Crippen molar-refractivity contribution < 1.29 is 47.6 Å². The quantitative estimate of drug-likeness (QED) is 0.247. The summed E-state index contributed by atoms with van der Waals surface area (Å²) in [5.41, 5.74) is -5.71. The number of aliphatic hydroxyl groups is 1. The number of halogens is 1. The molecule has 234 valence electrons. The van der Waals surface area contributed by atoms with Crippen LogP contribution in [0, 0.1) is 28.6 Å². The van der Waals surface area contributed by atoms with Gasteiger partial charge in [0.05, 0.1) is 19.3 Å². The maximum atomic E-state index is 17.6. The van der Waals surface area contributed by atoms with Crippen molar-refractivity contribution in [1.29, 1.82) is 0 Å². The van der Waals surface area contributed by atoms with Crippen LogP contribution in [0.1, 0.15) is 86.0 Å². The Balaban J connectivity index is 1.70. The molecule has 0 radical (unpaired) electrons. The smallest absolute Gasteiger partial charge is 0.434 e. The number of fused-ring (bicyclic) bond motifs is 5. The van der Waals surface area contributed by atoms with E-state index in [1.165, 1.54) is 12.2 Å². The van der Waals surface area contributed by atoms with Crippen LogP contribution >= 0.6 is 0 Å². The highest BCUT2D eigenvalue weighted by atomic mass is 19.1. The molecule has 3 saturated carbocycles. The molecule has 3 fully saturated rings. The molecule has 0 saturated heterocycles. The monoisotopic (exact) mass is 592 g/mol. The fourth-order valence-corrected chi connectivity index (χ4v) is 8.43. The SMILES string of the molecule is CCCCOC(=O)OCC(=O)[C@@]1(OC(=O)OCCCC)[C@H](C)C[C@H]2[C@@H]3CCC4=CC(=O)C=C[C@]4(C)[C@@]3(F)[C@@H](O)C[C@@]21C. The average molecular weight is 593 g/mol. The van der Waals surface area contributed by atoms with Gasteiger partial charge in [-0.2, -0.15) is 0 Å². The first kappa shape index (κ1) is 32.2. The number of carbonyl (C=O) groups excluding carboxylic acids is 4. The summed E-state index contributed by atoms with van der Waals surface area (Å²) in [5, 5.41) is 11.7. The van der Waals surface area contributed by atoms with Crippen LogP contribution in [0.3, 0.4) is 0 Å². The average Bonchev–Trinajstić information content (AvgIpc) is 3.15. The van der Waals surface area contributed by atoms with Gasteiger partial charge >= 0.3 is 12.3 Å². The molecule has 42 heavy (non-hydrogen) atoms. The van der Waals surface area contributed by atoms with Crippen LogP contribution in [0.4, 0.5) is 14.0 Å². The zero-order valence-corrected chi connectivity index (χ0v) is 25.4. The maximum Gasteiger partial charge on any atom is 0.509 e. The molecule has 4 aliphatic rings. The molecule has 0 aliphatic heterocycles. The lowest BCUT2D eigenvalue weighted by Crippen LogP contribution is -2.70. The van der Waals surface area contributed by atoms with Gasteiger partial charge in [-0.05, 0) is 63.5 Å². The Bertz CT molecular complexity index is 1150. The minimum absolute atomic E-state index is 0.103. The van der Waals surface area contributed by atoms with Crippen molar-refractivity contribution in [3.05, 3.63) is 23.8 Å². The molecule has 0 spiro atoms. The van der Waals surface area contributed by atoms with Gasteiger partial charge in [-0.25, -0.2) is 14.0 Å². The molecule has 9 nitrogen and oxygen atoms in total. The highest BCUT2D eigenvalue weighted by Crippen LogP contribution is 2.71. The van der Waals surface area contributed by atoms with E-state index in [1.807, 2.05) is 13.8 Å². The van der Waals surface area contributed by atoms with E-state index in [2.05, 4.69) is 0 Å². The number of rotatable bonds is 10. The van der Waals surface area contributed by atoms with Crippen molar-refractivity contribution in [2.75, 3.05) is 19.8 Å². The Kier molecular flexibility index (Phi) is 9.26. The Morgan fingerprint density at radius 2 is 1.67 bits per heavy atom. The highest BCUT2D eigenvalue weighted by Gasteiger charge is 2.77. The van der Waals surface area contributed by atoms with Gasteiger partial charge in [0.1, 0.15) is 0 Å². The normalized spacial score (nSPS) is 38.5. The predicted molar refractivity (Wildman–Crippen MR) is 150 cm³/mol. The second-order valence-electron chi connectivity index (χ2n) is 12.9. The maximum absolute atomic E-state index is 17.6. The molecule has 0 aromatic rings. The van der Waals surface area contributed by atoms with Crippen LogP contribution < -0.4 is 0 Å². The summed E-state index contributed by atoms with van der Waals surface area (Å²) in [6.45, 7) is 8.66. The number of hydrogen-bond acceptors (Lipinski definition) is 9. The van der Waals surface area contributed by atoms with Crippen molar-refractivity contribution in [2.45, 2.75) is 103 Å². The Morgan fingerprint density at radius 1 is 1.02 bits per heavy atom. The fraction of sp³-hybridized carbons (Fsp3) is 0.750. The van der Waals surface area contributed by atoms with Crippen LogP contribution in [-0.4, -0.2) is 66.2 Å². The summed E-state index contributed by atoms with van der Waals surface area (Å²) >= 11 is 0. The van der Waals surface area contributed by atoms with Gasteiger partial charge in [-0.15, -0.1) is 0 Å². The van der Waals surface area contributed by atoms with Gasteiger partial charge in [0.25, 0.3) is 0 Å². The summed E-state index contributed by atoms with van der Waals surface area (Å²) in [5.74, 6) is -2.62. The zero-order chi connectivity index (χ0) is 30.9. The van der Waals surface area contributed by atoms with Gasteiger partial charge in [-0.1, -0.05) is 52.2 Å². The van der Waals surface area contributed by atoms with E-state index in [4.69, 9.17) is 18.9 Å². The van der Waals surface area contributed by atoms with E-state index in [1.54, 1.807) is 26.8 Å². The molecule has 0 aromatic heterocycles. The predicted octanol–water partition coefficient (Wildman–Crippen LogP) is 5.82. The summed E-state index contributed by atoms with van der Waals surface area (Å²) in [7, 11) is 0. The Labute approximate surface area is 247 Å². The van der Waals surface area contributed by atoms with Crippen molar-refractivity contribution in [1.82, 2.24) is 0 Å². The molecule has 8 atom stereocenters. The van der Waals surface area contributed by atoms with Gasteiger partial charge in [0.15, 0.2) is 23.7 Å². The molecular weight excluding hydrogens is 547 g/mol. The third-order valence-electron chi connectivity index (χ3n) is 10.6. The first-order valence-corrected chi connectivity index (χ1v) is 15.3. The topological polar surface area (TPSA) is 125 Å². The second kappa shape index (κ2) is 12.1. The highest BCUT2D eigenvalue weighted by molar-refractivity contribution is 6.01. The van der Waals surface area contributed by atoms with Gasteiger partial charge in [0, 0.05) is 22.7 Å². The van der Waals surface area contributed by atoms with Gasteiger partial charge in [0.2, 0.25) is 5.78 Å². The summed E-state index contributed by atoms with van der Waals surface area (Å²) in [6, 6.07) is 0. The van der Waals surface area contributed by atoms with Crippen molar-refractivity contribution in [2.24, 2.45) is 28.6 Å². The number of unbranched alkanes of at least 4 members (excludes halogenated alkanes) is 2. The van der Waals surface area contributed by atoms with Crippen LogP contribution in [0.25, 0.3) is 0 Å². The van der Waals surface area contributed by atoms with Crippen LogP contribution in [0.5, 0.6) is 0 Å². The van der Waals surface area contributed by atoms with Gasteiger partial charge in [-0.3, -0.25) is 9.59 Å². The number of hydrogen-bond donors (Lipinski definition) is 1. The lowest BCUT2D eigenvalue weighted by atomic mass is 9.44. The van der Waals surface area contributed by atoms with Crippen molar-refractivity contribution in [3.8, 4) is 0 Å². The molecule has 1 N–H and O–H groups in total. The van der Waals surface area contributed by atoms with Crippen LogP contribution in [0.2, 0.25) is 0 Å². The largest absolute Gasteiger partial charge is 0.509 e. The van der Waals surface area contributed by atoms with Crippen LogP contribution in [-0.2, 0) is 28.5 Å². The summed E-state index contributed by atoms with van der Waals surface area (Å²) in [4.78, 5) is 51.5. The fourth-order valence-electron chi connectivity index (χ4n) is 8.43. The molecule has 0 amide bonds. The number of aliphatic hydroxyl groups excluding tert-OH is 1. The standard InChI is InChI=1S/C32H45FO9/c1-6-8-14-39-27(37)41-19-26(36)32(42-28(38)40-15-9-7-2)20(3)16-24-23-11-10-21-17-22(34)12-13-29(21,4)31(23,33)25(35)18-30(24,32)5/h12-13,17,20,23-25,35H,6-11,14-16,18-19H2,1-5H3/t20-,23+,24+,25+,29+,30+,31+,32+/m1/s1. The number of ketones is 2. The number of alkyl halides is 1. The van der Waals surface area contributed by atoms with E-state index in [-0.39, 0.29) is 25.4 Å². The minimum Gasteiger partial charge on any atom is -0.434 e. The molecule has 0 bridgehead atoms. The van der Waals surface area contributed by atoms with Crippen LogP contribution in [0.15, 0.2) is 23.8 Å². The number of ether oxygens (including phenoxy) is 4. The van der Waals surface area contributed by atoms with E-state index >= 15 is 4.39 Å². The van der Waals surface area contributed by atoms with E-state index in [0.29, 0.717) is 37.7 Å². The molecule has 0 unspecified atom stereocenters. The second-order valence-corrected chi connectivity index (χ2v) is 12.9. The zero-order valence-electron chi connectivity index (χ0n) is 25.4. The number of allylic oxidation sites excluding steroid dienone is 4. The van der Waals surface area contributed by atoms with E-state index in [9.17, 15) is 24.3 Å². The Morgan fingerprint density at radius 3 is 2.31 bits per heavy atom. The molecule has 0 heterocycles. The lowest BCUT2D eigenvalue weighted by Gasteiger charge is -2.62. The molecular formula is C32H45FO9. The van der Waals surface area contributed by atoms with Crippen molar-refractivity contribution in [3.63, 3.8) is 0 Å². The lowest BCUT2D eigenvalue weighted by molar-refractivity contribution is -0.222. The molecule has 4 rings (SSSR count). The number of Topliss-reactive ketones (excluding diaryl/α,β-unsaturated/α-hetero) is 1. The third kappa shape index (κ3) is 4.97. The molecule has 0 aromatic carbocycles. The number of carbonyl (C=O) groups is 4. The summed E-state index contributed by atoms with van der Waals surface area (Å²) < 4.78 is 39.0. The third-order valence-corrected chi connectivity index (χ3v) is 10.6. The van der Waals surface area contributed by atoms with E-state index in [0.717, 1.165) is 12.8 Å². The Hall–Kier alpha value is -2.75. The van der Waals surface area contributed by atoms with E-state index < -0.39 is 70.7 Å².